The molecule has 2 aromatic rings. The van der Waals surface area contributed by atoms with Crippen molar-refractivity contribution >= 4 is 6.08 Å². The molecular formula is C18H20O4. The zero-order chi connectivity index (χ0) is 15.9. The molecule has 4 N–H and O–H groups in total. The first-order valence-electron chi connectivity index (χ1n) is 7.13. The Morgan fingerprint density at radius 1 is 0.864 bits per heavy atom. The second-order valence-corrected chi connectivity index (χ2v) is 5.21. The third-order valence-corrected chi connectivity index (χ3v) is 3.56. The number of aliphatic hydroxyl groups is 2. The van der Waals surface area contributed by atoms with Gasteiger partial charge >= 0.3 is 0 Å². The van der Waals surface area contributed by atoms with Gasteiger partial charge < -0.3 is 20.4 Å². The van der Waals surface area contributed by atoms with Crippen molar-refractivity contribution < 1.29 is 20.4 Å². The van der Waals surface area contributed by atoms with Gasteiger partial charge in [0.05, 0.1) is 6.10 Å². The molecule has 0 heterocycles. The maximum absolute atomic E-state index is 10.3. The van der Waals surface area contributed by atoms with Crippen molar-refractivity contribution in [1.82, 2.24) is 0 Å². The van der Waals surface area contributed by atoms with E-state index in [1.165, 1.54) is 12.1 Å². The van der Waals surface area contributed by atoms with E-state index in [2.05, 4.69) is 0 Å². The summed E-state index contributed by atoms with van der Waals surface area (Å²) >= 11 is 0. The molecule has 2 atom stereocenters. The van der Waals surface area contributed by atoms with E-state index in [-0.39, 0.29) is 24.0 Å². The highest BCUT2D eigenvalue weighted by molar-refractivity contribution is 5.50. The molecule has 0 aliphatic carbocycles. The molecule has 4 nitrogen and oxygen atoms in total. The first-order chi connectivity index (χ1) is 10.6. The fourth-order valence-corrected chi connectivity index (χ4v) is 2.21. The van der Waals surface area contributed by atoms with Gasteiger partial charge in [0.1, 0.15) is 11.5 Å². The number of benzene rings is 2. The summed E-state index contributed by atoms with van der Waals surface area (Å²) in [5, 5.41) is 38.2. The van der Waals surface area contributed by atoms with E-state index in [0.717, 1.165) is 5.56 Å². The SMILES string of the molecule is OC[C@H](C/C=C/c1ccc(O)cc1)[C@H](O)c1ccc(O)cc1. The summed E-state index contributed by atoms with van der Waals surface area (Å²) in [6.07, 6.45) is 3.48. The lowest BCUT2D eigenvalue weighted by Gasteiger charge is -2.20. The highest BCUT2D eigenvalue weighted by Crippen LogP contribution is 2.26. The van der Waals surface area contributed by atoms with Gasteiger partial charge in [0.25, 0.3) is 0 Å². The Labute approximate surface area is 129 Å². The van der Waals surface area contributed by atoms with E-state index < -0.39 is 6.10 Å². The van der Waals surface area contributed by atoms with Crippen LogP contribution in [0.25, 0.3) is 6.08 Å². The summed E-state index contributed by atoms with van der Waals surface area (Å²) in [6, 6.07) is 13.1. The normalized spacial score (nSPS) is 14.1. The number of hydrogen-bond donors (Lipinski definition) is 4. The molecule has 0 fully saturated rings. The van der Waals surface area contributed by atoms with Crippen LogP contribution in [0, 0.1) is 5.92 Å². The number of aliphatic hydroxyl groups excluding tert-OH is 2. The van der Waals surface area contributed by atoms with E-state index in [9.17, 15) is 20.4 Å². The molecule has 0 aromatic heterocycles. The molecule has 2 aromatic carbocycles. The van der Waals surface area contributed by atoms with Gasteiger partial charge in [0.2, 0.25) is 0 Å². The molecule has 116 valence electrons. The molecule has 0 saturated heterocycles. The summed E-state index contributed by atoms with van der Waals surface area (Å²) in [4.78, 5) is 0. The largest absolute Gasteiger partial charge is 0.508 e. The Morgan fingerprint density at radius 3 is 1.95 bits per heavy atom. The summed E-state index contributed by atoms with van der Waals surface area (Å²) in [5.41, 5.74) is 1.60. The quantitative estimate of drug-likeness (QED) is 0.661. The second kappa shape index (κ2) is 7.64. The van der Waals surface area contributed by atoms with Crippen LogP contribution in [0.4, 0.5) is 0 Å². The van der Waals surface area contributed by atoms with E-state index in [0.29, 0.717) is 12.0 Å². The predicted molar refractivity (Wildman–Crippen MR) is 85.4 cm³/mol. The molecule has 4 heteroatoms. The number of rotatable bonds is 6. The minimum atomic E-state index is -0.796. The summed E-state index contributed by atoms with van der Waals surface area (Å²) in [7, 11) is 0. The third-order valence-electron chi connectivity index (χ3n) is 3.56. The summed E-state index contributed by atoms with van der Waals surface area (Å²) in [5.74, 6) is 0.0368. The molecule has 0 spiro atoms. The Bertz CT molecular complexity index is 602. The fourth-order valence-electron chi connectivity index (χ4n) is 2.21. The Balaban J connectivity index is 1.99. The van der Waals surface area contributed by atoms with Gasteiger partial charge in [-0.15, -0.1) is 0 Å². The molecule has 0 aliphatic heterocycles. The van der Waals surface area contributed by atoms with Gasteiger partial charge in [-0.1, -0.05) is 36.4 Å². The van der Waals surface area contributed by atoms with E-state index in [1.54, 1.807) is 36.4 Å². The average molecular weight is 300 g/mol. The Kier molecular flexibility index (Phi) is 5.58. The molecule has 0 saturated carbocycles. The van der Waals surface area contributed by atoms with Crippen molar-refractivity contribution in [1.29, 1.82) is 0 Å². The molecule has 0 unspecified atom stereocenters. The van der Waals surface area contributed by atoms with Crippen molar-refractivity contribution in [3.63, 3.8) is 0 Å². The van der Waals surface area contributed by atoms with Gasteiger partial charge in [-0.2, -0.15) is 0 Å². The van der Waals surface area contributed by atoms with Crippen LogP contribution in [-0.2, 0) is 0 Å². The van der Waals surface area contributed by atoms with Crippen molar-refractivity contribution in [3.05, 3.63) is 65.7 Å². The number of phenols is 2. The van der Waals surface area contributed by atoms with Crippen LogP contribution in [0.3, 0.4) is 0 Å². The Morgan fingerprint density at radius 2 is 1.41 bits per heavy atom. The minimum Gasteiger partial charge on any atom is -0.508 e. The van der Waals surface area contributed by atoms with Crippen LogP contribution in [0.2, 0.25) is 0 Å². The minimum absolute atomic E-state index is 0.137. The van der Waals surface area contributed by atoms with Crippen LogP contribution >= 0.6 is 0 Å². The lowest BCUT2D eigenvalue weighted by molar-refractivity contribution is 0.0684. The smallest absolute Gasteiger partial charge is 0.115 e. The van der Waals surface area contributed by atoms with Crippen molar-refractivity contribution in [3.8, 4) is 11.5 Å². The van der Waals surface area contributed by atoms with E-state index in [1.807, 2.05) is 12.2 Å². The second-order valence-electron chi connectivity index (χ2n) is 5.21. The maximum atomic E-state index is 10.3. The van der Waals surface area contributed by atoms with Gasteiger partial charge in [0.15, 0.2) is 0 Å². The molecular weight excluding hydrogens is 280 g/mol. The zero-order valence-corrected chi connectivity index (χ0v) is 12.1. The maximum Gasteiger partial charge on any atom is 0.115 e. The summed E-state index contributed by atoms with van der Waals surface area (Å²) in [6.45, 7) is -0.137. The lowest BCUT2D eigenvalue weighted by Crippen LogP contribution is -2.15. The monoisotopic (exact) mass is 300 g/mol. The summed E-state index contributed by atoms with van der Waals surface area (Å²) < 4.78 is 0. The highest BCUT2D eigenvalue weighted by atomic mass is 16.3. The topological polar surface area (TPSA) is 80.9 Å². The van der Waals surface area contributed by atoms with Gasteiger partial charge in [-0.25, -0.2) is 0 Å². The standard InChI is InChI=1S/C18H20O4/c19-12-15(18(22)14-6-10-17(21)11-7-14)3-1-2-13-4-8-16(20)9-5-13/h1-2,4-11,15,18-22H,3,12H2/b2-1+/t15-,18+/m0/s1. The van der Waals surface area contributed by atoms with Crippen LogP contribution in [0.5, 0.6) is 11.5 Å². The Hall–Kier alpha value is -2.30. The first-order valence-corrected chi connectivity index (χ1v) is 7.13. The van der Waals surface area contributed by atoms with Crippen molar-refractivity contribution in [2.45, 2.75) is 12.5 Å². The number of phenolic OH excluding ortho intramolecular Hbond substituents is 2. The van der Waals surface area contributed by atoms with E-state index >= 15 is 0 Å². The van der Waals surface area contributed by atoms with Crippen LogP contribution in [0.1, 0.15) is 23.7 Å². The zero-order valence-electron chi connectivity index (χ0n) is 12.1. The lowest BCUT2D eigenvalue weighted by atomic mass is 9.93. The van der Waals surface area contributed by atoms with Gasteiger partial charge in [-0.05, 0) is 41.8 Å². The van der Waals surface area contributed by atoms with Crippen molar-refractivity contribution in [2.75, 3.05) is 6.61 Å². The average Bonchev–Trinajstić information content (AvgIpc) is 2.53. The molecule has 22 heavy (non-hydrogen) atoms. The van der Waals surface area contributed by atoms with Crippen LogP contribution < -0.4 is 0 Å². The predicted octanol–water partition coefficient (Wildman–Crippen LogP) is 2.84. The molecule has 0 amide bonds. The van der Waals surface area contributed by atoms with Gasteiger partial charge in [-0.3, -0.25) is 0 Å². The first kappa shape index (κ1) is 16.1. The number of allylic oxidation sites excluding steroid dienone is 1. The third kappa shape index (κ3) is 4.35. The molecule has 0 radical (unpaired) electrons. The number of aromatic hydroxyl groups is 2. The van der Waals surface area contributed by atoms with Crippen LogP contribution in [-0.4, -0.2) is 27.0 Å². The van der Waals surface area contributed by atoms with E-state index in [4.69, 9.17) is 0 Å². The van der Waals surface area contributed by atoms with Crippen molar-refractivity contribution in [2.24, 2.45) is 5.92 Å². The highest BCUT2D eigenvalue weighted by Gasteiger charge is 2.18. The number of hydrogen-bond acceptors (Lipinski definition) is 4. The fraction of sp³-hybridized carbons (Fsp3) is 0.222. The molecule has 0 bridgehead atoms. The molecule has 2 rings (SSSR count). The molecule has 0 aliphatic rings. The van der Waals surface area contributed by atoms with Gasteiger partial charge in [0, 0.05) is 12.5 Å². The van der Waals surface area contributed by atoms with Crippen LogP contribution in [0.15, 0.2) is 54.6 Å².